The molecule has 1 rings (SSSR count). The van der Waals surface area contributed by atoms with Crippen LogP contribution >= 0.6 is 0 Å². The van der Waals surface area contributed by atoms with Gasteiger partial charge in [-0.2, -0.15) is 0 Å². The highest BCUT2D eigenvalue weighted by Crippen LogP contribution is 2.27. The fraction of sp³-hybridized carbons (Fsp3) is 1.00. The van der Waals surface area contributed by atoms with E-state index >= 15 is 0 Å². The Morgan fingerprint density at radius 3 is 2.58 bits per heavy atom. The highest BCUT2D eigenvalue weighted by molar-refractivity contribution is 4.79. The van der Waals surface area contributed by atoms with Gasteiger partial charge in [-0.05, 0) is 31.7 Å². The summed E-state index contributed by atoms with van der Waals surface area (Å²) >= 11 is 0. The van der Waals surface area contributed by atoms with E-state index in [9.17, 15) is 0 Å². The average Bonchev–Trinajstić information content (AvgIpc) is 2.59. The monoisotopic (exact) mass is 171 g/mol. The van der Waals surface area contributed by atoms with E-state index in [1.165, 1.54) is 25.7 Å². The van der Waals surface area contributed by atoms with Gasteiger partial charge < -0.3 is 10.4 Å². The van der Waals surface area contributed by atoms with Crippen LogP contribution in [0.2, 0.25) is 0 Å². The van der Waals surface area contributed by atoms with Crippen LogP contribution in [0.15, 0.2) is 0 Å². The second-order valence-corrected chi connectivity index (χ2v) is 3.79. The van der Waals surface area contributed by atoms with Gasteiger partial charge in [0.05, 0.1) is 6.61 Å². The van der Waals surface area contributed by atoms with Crippen LogP contribution in [-0.4, -0.2) is 24.3 Å². The summed E-state index contributed by atoms with van der Waals surface area (Å²) in [4.78, 5) is 0. The van der Waals surface area contributed by atoms with Gasteiger partial charge >= 0.3 is 0 Å². The van der Waals surface area contributed by atoms with Gasteiger partial charge in [-0.3, -0.25) is 0 Å². The third kappa shape index (κ3) is 2.76. The van der Waals surface area contributed by atoms with Crippen LogP contribution in [0.25, 0.3) is 0 Å². The molecule has 1 unspecified atom stereocenters. The molecule has 0 spiro atoms. The number of hydrogen-bond acceptors (Lipinski definition) is 2. The second kappa shape index (κ2) is 5.55. The van der Waals surface area contributed by atoms with E-state index in [0.717, 1.165) is 18.9 Å². The Labute approximate surface area is 75.4 Å². The van der Waals surface area contributed by atoms with Gasteiger partial charge in [0.15, 0.2) is 0 Å². The maximum absolute atomic E-state index is 9.15. The zero-order chi connectivity index (χ0) is 8.81. The Kier molecular flexibility index (Phi) is 4.62. The second-order valence-electron chi connectivity index (χ2n) is 3.79. The van der Waals surface area contributed by atoms with Crippen LogP contribution in [0, 0.1) is 5.92 Å². The summed E-state index contributed by atoms with van der Waals surface area (Å²) < 4.78 is 0. The molecule has 0 aromatic heterocycles. The fourth-order valence-corrected chi connectivity index (χ4v) is 2.07. The van der Waals surface area contributed by atoms with Crippen LogP contribution in [-0.2, 0) is 0 Å². The predicted molar refractivity (Wildman–Crippen MR) is 51.1 cm³/mol. The first-order valence-electron chi connectivity index (χ1n) is 5.22. The van der Waals surface area contributed by atoms with Crippen molar-refractivity contribution in [2.24, 2.45) is 5.92 Å². The Balaban J connectivity index is 2.22. The summed E-state index contributed by atoms with van der Waals surface area (Å²) in [5.74, 6) is 0.738. The molecule has 1 fully saturated rings. The first kappa shape index (κ1) is 10.0. The van der Waals surface area contributed by atoms with E-state index in [1.807, 2.05) is 0 Å². The van der Waals surface area contributed by atoms with E-state index in [0.29, 0.717) is 12.6 Å². The van der Waals surface area contributed by atoms with Gasteiger partial charge in [0.25, 0.3) is 0 Å². The van der Waals surface area contributed by atoms with Crippen LogP contribution in [0.1, 0.15) is 39.0 Å². The number of hydrogen-bond donors (Lipinski definition) is 2. The van der Waals surface area contributed by atoms with E-state index in [1.54, 1.807) is 0 Å². The van der Waals surface area contributed by atoms with Crippen molar-refractivity contribution < 1.29 is 5.11 Å². The van der Waals surface area contributed by atoms with E-state index in [2.05, 4.69) is 12.2 Å². The lowest BCUT2D eigenvalue weighted by Crippen LogP contribution is -2.38. The molecule has 1 aliphatic carbocycles. The molecule has 12 heavy (non-hydrogen) atoms. The molecule has 2 N–H and O–H groups in total. The minimum absolute atomic E-state index is 0.310. The van der Waals surface area contributed by atoms with Crippen LogP contribution in [0.5, 0.6) is 0 Å². The number of rotatable bonds is 5. The molecule has 1 aliphatic rings. The Bertz CT molecular complexity index is 110. The molecule has 0 bridgehead atoms. The fourth-order valence-electron chi connectivity index (χ4n) is 2.07. The molecule has 0 saturated heterocycles. The minimum Gasteiger partial charge on any atom is -0.395 e. The summed E-state index contributed by atoms with van der Waals surface area (Å²) in [6.07, 6.45) is 6.48. The van der Waals surface area contributed by atoms with Crippen LogP contribution in [0.4, 0.5) is 0 Å². The molecule has 1 saturated carbocycles. The molecule has 0 heterocycles. The zero-order valence-corrected chi connectivity index (χ0v) is 8.05. The maximum Gasteiger partial charge on any atom is 0.0587 e. The van der Waals surface area contributed by atoms with E-state index < -0.39 is 0 Å². The molecule has 72 valence electrons. The molecule has 0 aromatic carbocycles. The summed E-state index contributed by atoms with van der Waals surface area (Å²) in [7, 11) is 0. The first-order valence-corrected chi connectivity index (χ1v) is 5.22. The highest BCUT2D eigenvalue weighted by atomic mass is 16.3. The van der Waals surface area contributed by atoms with Gasteiger partial charge in [-0.15, -0.1) is 0 Å². The third-order valence-corrected chi connectivity index (χ3v) is 2.82. The average molecular weight is 171 g/mol. The summed E-state index contributed by atoms with van der Waals surface area (Å²) in [6.45, 7) is 3.52. The van der Waals surface area contributed by atoms with Crippen molar-refractivity contribution in [3.63, 3.8) is 0 Å². The van der Waals surface area contributed by atoms with Gasteiger partial charge in [0.1, 0.15) is 0 Å². The Morgan fingerprint density at radius 1 is 1.42 bits per heavy atom. The van der Waals surface area contributed by atoms with Crippen molar-refractivity contribution >= 4 is 0 Å². The molecular weight excluding hydrogens is 150 g/mol. The molecule has 2 heteroatoms. The lowest BCUT2D eigenvalue weighted by atomic mass is 9.99. The van der Waals surface area contributed by atoms with Crippen molar-refractivity contribution in [2.45, 2.75) is 45.1 Å². The lowest BCUT2D eigenvalue weighted by molar-refractivity contribution is 0.199. The molecule has 1 atom stereocenters. The Hall–Kier alpha value is -0.0800. The SMILES string of the molecule is CCCNC(CO)C1CCCC1. The van der Waals surface area contributed by atoms with Crippen LogP contribution < -0.4 is 5.32 Å². The van der Waals surface area contributed by atoms with Crippen molar-refractivity contribution in [1.82, 2.24) is 5.32 Å². The largest absolute Gasteiger partial charge is 0.395 e. The van der Waals surface area contributed by atoms with Gasteiger partial charge in [-0.1, -0.05) is 19.8 Å². The van der Waals surface area contributed by atoms with Gasteiger partial charge in [-0.25, -0.2) is 0 Å². The predicted octanol–water partition coefficient (Wildman–Crippen LogP) is 1.54. The number of aliphatic hydroxyl groups excluding tert-OH is 1. The molecule has 0 amide bonds. The number of nitrogens with one attached hydrogen (secondary N) is 1. The van der Waals surface area contributed by atoms with Crippen LogP contribution in [0.3, 0.4) is 0 Å². The summed E-state index contributed by atoms with van der Waals surface area (Å²) in [5.41, 5.74) is 0. The Morgan fingerprint density at radius 2 is 2.08 bits per heavy atom. The third-order valence-electron chi connectivity index (χ3n) is 2.82. The number of aliphatic hydroxyl groups is 1. The van der Waals surface area contributed by atoms with Gasteiger partial charge in [0.2, 0.25) is 0 Å². The van der Waals surface area contributed by atoms with E-state index in [-0.39, 0.29) is 0 Å². The topological polar surface area (TPSA) is 32.3 Å². The molecular formula is C10H21NO. The van der Waals surface area contributed by atoms with E-state index in [4.69, 9.17) is 5.11 Å². The molecule has 0 radical (unpaired) electrons. The molecule has 0 aliphatic heterocycles. The highest BCUT2D eigenvalue weighted by Gasteiger charge is 2.23. The lowest BCUT2D eigenvalue weighted by Gasteiger charge is -2.22. The maximum atomic E-state index is 9.15. The van der Waals surface area contributed by atoms with Crippen molar-refractivity contribution in [3.8, 4) is 0 Å². The quantitative estimate of drug-likeness (QED) is 0.657. The summed E-state index contributed by atoms with van der Waals surface area (Å²) in [6, 6.07) is 0.368. The van der Waals surface area contributed by atoms with Crippen molar-refractivity contribution in [3.05, 3.63) is 0 Å². The summed E-state index contributed by atoms with van der Waals surface area (Å²) in [5, 5.41) is 12.6. The normalized spacial score (nSPS) is 21.5. The molecule has 2 nitrogen and oxygen atoms in total. The standard InChI is InChI=1S/C10H21NO/c1-2-7-11-10(8-12)9-5-3-4-6-9/h9-12H,2-8H2,1H3. The van der Waals surface area contributed by atoms with Crippen molar-refractivity contribution in [1.29, 1.82) is 0 Å². The molecule has 0 aromatic rings. The minimum atomic E-state index is 0.310. The zero-order valence-electron chi connectivity index (χ0n) is 8.05. The first-order chi connectivity index (χ1) is 5.88. The smallest absolute Gasteiger partial charge is 0.0587 e. The van der Waals surface area contributed by atoms with Gasteiger partial charge in [0, 0.05) is 6.04 Å². The van der Waals surface area contributed by atoms with Crippen molar-refractivity contribution in [2.75, 3.05) is 13.2 Å².